The molecular formula is C42H64N6O5. The van der Waals surface area contributed by atoms with Crippen LogP contribution in [0.3, 0.4) is 0 Å². The fourth-order valence-corrected chi connectivity index (χ4v) is 11.5. The Kier molecular flexibility index (Phi) is 12.5. The Hall–Kier alpha value is -3.50. The predicted octanol–water partition coefficient (Wildman–Crippen LogP) is 9.14. The molecule has 53 heavy (non-hydrogen) atoms. The first-order chi connectivity index (χ1) is 25.4. The second kappa shape index (κ2) is 16.9. The van der Waals surface area contributed by atoms with Crippen LogP contribution in [0.5, 0.6) is 0 Å². The Labute approximate surface area is 315 Å². The molecule has 6 rings (SSSR count). The second-order valence-corrected chi connectivity index (χ2v) is 18.0. The van der Waals surface area contributed by atoms with Gasteiger partial charge >= 0.3 is 5.69 Å². The van der Waals surface area contributed by atoms with Crippen molar-refractivity contribution >= 4 is 34.2 Å². The molecule has 1 heterocycles. The molecule has 4 unspecified atom stereocenters. The van der Waals surface area contributed by atoms with Gasteiger partial charge in [-0.25, -0.2) is 4.63 Å². The summed E-state index contributed by atoms with van der Waals surface area (Å²) in [4.78, 5) is 36.0. The van der Waals surface area contributed by atoms with Crippen molar-refractivity contribution in [3.05, 3.63) is 33.9 Å². The van der Waals surface area contributed by atoms with Gasteiger partial charge in [-0.2, -0.15) is 0 Å². The third kappa shape index (κ3) is 8.59. The lowest BCUT2D eigenvalue weighted by Gasteiger charge is -2.58. The van der Waals surface area contributed by atoms with Gasteiger partial charge in [-0.05, 0) is 127 Å². The van der Waals surface area contributed by atoms with Gasteiger partial charge in [-0.15, -0.1) is 0 Å². The molecule has 11 heteroatoms. The number of aromatic nitrogens is 2. The fourth-order valence-electron chi connectivity index (χ4n) is 11.5. The van der Waals surface area contributed by atoms with Crippen molar-refractivity contribution in [3.63, 3.8) is 0 Å². The predicted molar refractivity (Wildman–Crippen MR) is 208 cm³/mol. The van der Waals surface area contributed by atoms with E-state index >= 15 is 0 Å². The van der Waals surface area contributed by atoms with Gasteiger partial charge in [0.1, 0.15) is 0 Å². The van der Waals surface area contributed by atoms with E-state index in [4.69, 9.17) is 4.63 Å². The number of nitro benzene ring substituents is 1. The second-order valence-electron chi connectivity index (χ2n) is 18.0. The Morgan fingerprint density at radius 2 is 1.74 bits per heavy atom. The number of nitrogens with one attached hydrogen (secondary N) is 3. The van der Waals surface area contributed by atoms with Crippen LogP contribution in [0.2, 0.25) is 0 Å². The molecule has 0 radical (unpaired) electrons. The number of carbonyl (C=O) groups is 2. The van der Waals surface area contributed by atoms with Crippen LogP contribution < -0.4 is 16.0 Å². The third-order valence-electron chi connectivity index (χ3n) is 14.3. The zero-order chi connectivity index (χ0) is 37.8. The van der Waals surface area contributed by atoms with Crippen LogP contribution in [-0.2, 0) is 9.59 Å². The highest BCUT2D eigenvalue weighted by molar-refractivity contribution is 5.93. The minimum atomic E-state index is -0.509. The smallest absolute Gasteiger partial charge is 0.300 e. The van der Waals surface area contributed by atoms with Crippen molar-refractivity contribution in [2.45, 2.75) is 143 Å². The van der Waals surface area contributed by atoms with Gasteiger partial charge in [0, 0.05) is 38.0 Å². The molecule has 0 aliphatic heterocycles. The van der Waals surface area contributed by atoms with Crippen molar-refractivity contribution in [1.29, 1.82) is 0 Å². The maximum atomic E-state index is 12.9. The molecule has 0 bridgehead atoms. The van der Waals surface area contributed by atoms with Crippen molar-refractivity contribution in [3.8, 4) is 0 Å². The average molecular weight is 733 g/mol. The number of carbonyl (C=O) groups excluding carboxylic acids is 2. The van der Waals surface area contributed by atoms with E-state index in [1.54, 1.807) is 11.6 Å². The number of anilines is 1. The van der Waals surface area contributed by atoms with Gasteiger partial charge < -0.3 is 16.0 Å². The fraction of sp³-hybridized carbons (Fsp3) is 0.762. The van der Waals surface area contributed by atoms with Gasteiger partial charge in [0.05, 0.1) is 10.6 Å². The van der Waals surface area contributed by atoms with Crippen molar-refractivity contribution < 1.29 is 19.1 Å². The number of fused-ring (bicyclic) bond motifs is 6. The highest BCUT2D eigenvalue weighted by atomic mass is 16.6. The molecule has 2 amide bonds. The highest BCUT2D eigenvalue weighted by Crippen LogP contribution is 2.67. The summed E-state index contributed by atoms with van der Waals surface area (Å²) in [6.07, 6.45) is 19.8. The third-order valence-corrected chi connectivity index (χ3v) is 14.3. The largest absolute Gasteiger partial charge is 0.383 e. The molecule has 1 aromatic heterocycles. The highest BCUT2D eigenvalue weighted by Gasteiger charge is 2.59. The molecule has 1 aromatic carbocycles. The Balaban J connectivity index is 0.878. The summed E-state index contributed by atoms with van der Waals surface area (Å²) in [5, 5.41) is 28.1. The molecule has 4 aliphatic rings. The van der Waals surface area contributed by atoms with Gasteiger partial charge in [0.25, 0.3) is 0 Å². The standard InChI is InChI=1S/C42H64N6O5/c1-27(2)10-9-11-28(3)32-15-16-33-31-14-13-29-26-30(19-22-41(29,4)34(31)20-23-42(32,33)5)45-38(50)21-25-44-37(49)12-7-6-8-24-43-35-17-18-36(48(51)52)40-39(35)46-53-47-40/h13,17-18,27-28,30-34,43H,6-12,14-16,19-26H2,1-5H3,(H,44,49)(H,45,50)/t28?,30-,31?,32+,33?,34?,41-,42+/m0/s1. The number of nitrogens with zero attached hydrogens (tertiary/aromatic N) is 3. The monoisotopic (exact) mass is 732 g/mol. The number of unbranched alkanes of at least 4 members (excludes halogenated alkanes) is 2. The summed E-state index contributed by atoms with van der Waals surface area (Å²) >= 11 is 0. The van der Waals surface area contributed by atoms with E-state index in [1.165, 1.54) is 57.4 Å². The molecule has 3 N–H and O–H groups in total. The van der Waals surface area contributed by atoms with Gasteiger partial charge in [0.15, 0.2) is 5.52 Å². The molecule has 292 valence electrons. The minimum Gasteiger partial charge on any atom is -0.383 e. The van der Waals surface area contributed by atoms with Crippen LogP contribution in [0.15, 0.2) is 28.4 Å². The van der Waals surface area contributed by atoms with E-state index in [0.717, 1.165) is 74.0 Å². The molecule has 11 nitrogen and oxygen atoms in total. The van der Waals surface area contributed by atoms with Gasteiger partial charge in [-0.1, -0.05) is 72.0 Å². The topological polar surface area (TPSA) is 152 Å². The average Bonchev–Trinajstić information content (AvgIpc) is 3.75. The molecule has 4 aliphatic carbocycles. The Morgan fingerprint density at radius 1 is 0.925 bits per heavy atom. The van der Waals surface area contributed by atoms with Crippen LogP contribution in [0.1, 0.15) is 137 Å². The molecule has 0 spiro atoms. The van der Waals surface area contributed by atoms with E-state index in [2.05, 4.69) is 67.0 Å². The van der Waals surface area contributed by atoms with Crippen LogP contribution in [-0.4, -0.2) is 46.2 Å². The van der Waals surface area contributed by atoms with Crippen molar-refractivity contribution in [1.82, 2.24) is 20.9 Å². The SMILES string of the molecule is CC(C)CCCC(C)[C@H]1CCC2C3CC=C4C[C@@H](NC(=O)CCNC(=O)CCCCCNc5ccc([N+](=O)[O-])c6nonc56)CC[C@]4(C)C3CC[C@@]21C. The zero-order valence-electron chi connectivity index (χ0n) is 32.9. The zero-order valence-corrected chi connectivity index (χ0v) is 32.9. The van der Waals surface area contributed by atoms with Crippen LogP contribution in [0.25, 0.3) is 11.0 Å². The number of hydrogen-bond acceptors (Lipinski definition) is 8. The first kappa shape index (κ1) is 39.2. The summed E-state index contributed by atoms with van der Waals surface area (Å²) < 4.78 is 4.71. The summed E-state index contributed by atoms with van der Waals surface area (Å²) in [7, 11) is 0. The maximum Gasteiger partial charge on any atom is 0.300 e. The lowest BCUT2D eigenvalue weighted by atomic mass is 9.47. The van der Waals surface area contributed by atoms with Gasteiger partial charge in [0.2, 0.25) is 17.3 Å². The van der Waals surface area contributed by atoms with E-state index in [0.29, 0.717) is 42.6 Å². The van der Waals surface area contributed by atoms with Crippen molar-refractivity contribution in [2.24, 2.45) is 46.3 Å². The summed E-state index contributed by atoms with van der Waals surface area (Å²) in [5.41, 5.74) is 3.29. The lowest BCUT2D eigenvalue weighted by molar-refractivity contribution is -0.383. The number of non-ortho nitro benzene ring substituents is 1. The molecule has 2 aromatic rings. The van der Waals surface area contributed by atoms with Crippen LogP contribution in [0.4, 0.5) is 11.4 Å². The first-order valence-corrected chi connectivity index (χ1v) is 20.8. The summed E-state index contributed by atoms with van der Waals surface area (Å²) in [6, 6.07) is 3.17. The van der Waals surface area contributed by atoms with Crippen LogP contribution >= 0.6 is 0 Å². The molecule has 3 fully saturated rings. The number of benzene rings is 1. The van der Waals surface area contributed by atoms with E-state index < -0.39 is 4.92 Å². The van der Waals surface area contributed by atoms with Gasteiger partial charge in [-0.3, -0.25) is 19.7 Å². The Bertz CT molecular complexity index is 1640. The number of nitro groups is 1. The molecule has 3 saturated carbocycles. The minimum absolute atomic E-state index is 0.0230. The van der Waals surface area contributed by atoms with Crippen LogP contribution in [0, 0.1) is 56.5 Å². The quantitative estimate of drug-likeness (QED) is 0.0630. The number of amides is 2. The maximum absolute atomic E-state index is 12.9. The normalized spacial score (nSPS) is 29.8. The lowest BCUT2D eigenvalue weighted by Crippen LogP contribution is -2.52. The first-order valence-electron chi connectivity index (χ1n) is 20.8. The summed E-state index contributed by atoms with van der Waals surface area (Å²) in [6.45, 7) is 13.5. The Morgan fingerprint density at radius 3 is 2.53 bits per heavy atom. The molecule has 8 atom stereocenters. The van der Waals surface area contributed by atoms with E-state index in [9.17, 15) is 19.7 Å². The number of hydrogen-bond donors (Lipinski definition) is 3. The molecular weight excluding hydrogens is 668 g/mol. The van der Waals surface area contributed by atoms with E-state index in [1.807, 2.05) is 0 Å². The number of allylic oxidation sites excluding steroid dienone is 1. The number of rotatable bonds is 17. The van der Waals surface area contributed by atoms with E-state index in [-0.39, 0.29) is 34.5 Å². The molecule has 0 saturated heterocycles. The summed E-state index contributed by atoms with van der Waals surface area (Å²) in [5.74, 6) is 4.96. The van der Waals surface area contributed by atoms with Crippen molar-refractivity contribution in [2.75, 3.05) is 18.4 Å².